The highest BCUT2D eigenvalue weighted by Crippen LogP contribution is 2.19. The van der Waals surface area contributed by atoms with Gasteiger partial charge in [0.1, 0.15) is 0 Å². The number of benzene rings is 1. The molecule has 3 aromatic rings. The summed E-state index contributed by atoms with van der Waals surface area (Å²) in [6, 6.07) is 7.49. The van der Waals surface area contributed by atoms with E-state index in [0.29, 0.717) is 11.3 Å². The van der Waals surface area contributed by atoms with Crippen molar-refractivity contribution in [3.8, 4) is 0 Å². The fraction of sp³-hybridized carbons (Fsp3) is 0.278. The molecule has 28 heavy (non-hydrogen) atoms. The molecule has 1 amide bonds. The summed E-state index contributed by atoms with van der Waals surface area (Å²) in [6.45, 7) is 3.55. The molecule has 2 aromatic heterocycles. The van der Waals surface area contributed by atoms with Crippen LogP contribution in [0.3, 0.4) is 0 Å². The van der Waals surface area contributed by atoms with E-state index in [0.717, 1.165) is 27.6 Å². The molecule has 0 unspecified atom stereocenters. The third-order valence-electron chi connectivity index (χ3n) is 4.14. The summed E-state index contributed by atoms with van der Waals surface area (Å²) in [4.78, 5) is 38.5. The van der Waals surface area contributed by atoms with Gasteiger partial charge in [0.25, 0.3) is 10.8 Å². The maximum absolute atomic E-state index is 12.2. The number of hydrogen-bond acceptors (Lipinski definition) is 7. The third-order valence-corrected chi connectivity index (χ3v) is 4.96. The highest BCUT2D eigenvalue weighted by molar-refractivity contribution is 7.99. The Hall–Kier alpha value is -3.14. The van der Waals surface area contributed by atoms with Crippen molar-refractivity contribution >= 4 is 23.4 Å². The van der Waals surface area contributed by atoms with Crippen molar-refractivity contribution in [1.82, 2.24) is 19.7 Å². The van der Waals surface area contributed by atoms with E-state index in [1.165, 1.54) is 7.05 Å². The Kier molecular flexibility index (Phi) is 5.78. The van der Waals surface area contributed by atoms with Crippen LogP contribution in [-0.2, 0) is 18.3 Å². The van der Waals surface area contributed by atoms with Gasteiger partial charge in [0, 0.05) is 24.0 Å². The molecule has 9 nitrogen and oxygen atoms in total. The summed E-state index contributed by atoms with van der Waals surface area (Å²) in [7, 11) is 1.40. The lowest BCUT2D eigenvalue weighted by molar-refractivity contribution is -0.113. The van der Waals surface area contributed by atoms with Crippen molar-refractivity contribution in [2.75, 3.05) is 11.1 Å². The van der Waals surface area contributed by atoms with Gasteiger partial charge in [-0.1, -0.05) is 30.0 Å². The van der Waals surface area contributed by atoms with Gasteiger partial charge in [-0.3, -0.25) is 14.2 Å². The van der Waals surface area contributed by atoms with Crippen molar-refractivity contribution in [1.29, 1.82) is 0 Å². The molecule has 0 aliphatic carbocycles. The number of hydrogen-bond donors (Lipinski definition) is 2. The number of carbonyl (C=O) groups excluding carboxylic acids is 1. The van der Waals surface area contributed by atoms with Crippen molar-refractivity contribution in [2.45, 2.75) is 25.5 Å². The van der Waals surface area contributed by atoms with Crippen LogP contribution in [0.2, 0.25) is 0 Å². The van der Waals surface area contributed by atoms with Gasteiger partial charge < -0.3 is 14.7 Å². The van der Waals surface area contributed by atoms with E-state index in [1.807, 2.05) is 31.2 Å². The SMILES string of the molecule is Cc1ccccc1NC(=O)CSc1nnc(Cc2c(C)[nH]c(=O)n(C)c2=O)o1. The molecular weight excluding hydrogens is 382 g/mol. The van der Waals surface area contributed by atoms with Gasteiger partial charge in [-0.25, -0.2) is 4.79 Å². The van der Waals surface area contributed by atoms with E-state index in [2.05, 4.69) is 20.5 Å². The topological polar surface area (TPSA) is 123 Å². The van der Waals surface area contributed by atoms with Crippen molar-refractivity contribution in [3.63, 3.8) is 0 Å². The number of aromatic amines is 1. The summed E-state index contributed by atoms with van der Waals surface area (Å²) in [6.07, 6.45) is 0.0955. The van der Waals surface area contributed by atoms with Gasteiger partial charge in [-0.15, -0.1) is 10.2 Å². The predicted octanol–water partition coefficient (Wildman–Crippen LogP) is 1.40. The van der Waals surface area contributed by atoms with Crippen molar-refractivity contribution in [2.24, 2.45) is 7.05 Å². The molecule has 0 aliphatic heterocycles. The average molecular weight is 401 g/mol. The normalized spacial score (nSPS) is 10.8. The standard InChI is InChI=1S/C18H19N5O4S/c1-10-6-4-5-7-13(10)20-14(24)9-28-18-22-21-15(27-18)8-12-11(2)19-17(26)23(3)16(12)25/h4-7H,8-9H2,1-3H3,(H,19,26)(H,20,24). The molecule has 3 rings (SSSR count). The number of aryl methyl sites for hydroxylation is 2. The number of aromatic nitrogens is 4. The number of nitrogens with one attached hydrogen (secondary N) is 2. The maximum atomic E-state index is 12.2. The van der Waals surface area contributed by atoms with Crippen LogP contribution in [0.25, 0.3) is 0 Å². The van der Waals surface area contributed by atoms with Gasteiger partial charge in [-0.05, 0) is 25.5 Å². The molecule has 1 aromatic carbocycles. The first kappa shape index (κ1) is 19.6. The summed E-state index contributed by atoms with van der Waals surface area (Å²) >= 11 is 1.11. The van der Waals surface area contributed by atoms with E-state index in [4.69, 9.17) is 4.42 Å². The molecule has 2 N–H and O–H groups in total. The van der Waals surface area contributed by atoms with Gasteiger partial charge >= 0.3 is 5.69 Å². The summed E-state index contributed by atoms with van der Waals surface area (Å²) < 4.78 is 6.50. The van der Waals surface area contributed by atoms with Crippen LogP contribution in [0.1, 0.15) is 22.7 Å². The second kappa shape index (κ2) is 8.26. The first-order valence-electron chi connectivity index (χ1n) is 8.44. The molecule has 0 saturated carbocycles. The van der Waals surface area contributed by atoms with Crippen LogP contribution in [0, 0.1) is 13.8 Å². The van der Waals surface area contributed by atoms with Gasteiger partial charge in [0.2, 0.25) is 11.8 Å². The van der Waals surface area contributed by atoms with E-state index in [9.17, 15) is 14.4 Å². The molecule has 0 aliphatic rings. The molecule has 0 fully saturated rings. The fourth-order valence-corrected chi connectivity index (χ4v) is 3.11. The number of carbonyl (C=O) groups is 1. The predicted molar refractivity (Wildman–Crippen MR) is 105 cm³/mol. The number of thioether (sulfide) groups is 1. The minimum absolute atomic E-state index is 0.0955. The minimum Gasteiger partial charge on any atom is -0.416 e. The Balaban J connectivity index is 1.63. The largest absolute Gasteiger partial charge is 0.416 e. The molecule has 0 bridgehead atoms. The third kappa shape index (κ3) is 4.39. The van der Waals surface area contributed by atoms with E-state index >= 15 is 0 Å². The quantitative estimate of drug-likeness (QED) is 0.598. The van der Waals surface area contributed by atoms with E-state index in [1.54, 1.807) is 6.92 Å². The second-order valence-corrected chi connectivity index (χ2v) is 7.11. The van der Waals surface area contributed by atoms with E-state index in [-0.39, 0.29) is 29.2 Å². The number of anilines is 1. The van der Waals surface area contributed by atoms with Crippen LogP contribution in [0.5, 0.6) is 0 Å². The number of para-hydroxylation sites is 1. The molecule has 0 atom stereocenters. The number of nitrogens with zero attached hydrogens (tertiary/aromatic N) is 3. The average Bonchev–Trinajstić information content (AvgIpc) is 3.11. The first-order valence-corrected chi connectivity index (χ1v) is 9.43. The van der Waals surface area contributed by atoms with Crippen LogP contribution in [-0.4, -0.2) is 31.4 Å². The lowest BCUT2D eigenvalue weighted by atomic mass is 10.2. The molecule has 0 radical (unpaired) electrons. The fourth-order valence-electron chi connectivity index (χ4n) is 2.53. The highest BCUT2D eigenvalue weighted by atomic mass is 32.2. The van der Waals surface area contributed by atoms with Crippen molar-refractivity contribution < 1.29 is 9.21 Å². The van der Waals surface area contributed by atoms with Crippen LogP contribution in [0.15, 0.2) is 43.5 Å². The second-order valence-electron chi connectivity index (χ2n) is 6.19. The molecule has 0 saturated heterocycles. The molecule has 2 heterocycles. The van der Waals surface area contributed by atoms with Gasteiger partial charge in [0.05, 0.1) is 12.2 Å². The Morgan fingerprint density at radius 2 is 2.00 bits per heavy atom. The van der Waals surface area contributed by atoms with Crippen LogP contribution >= 0.6 is 11.8 Å². The van der Waals surface area contributed by atoms with Crippen molar-refractivity contribution in [3.05, 3.63) is 67.8 Å². The van der Waals surface area contributed by atoms with Gasteiger partial charge in [-0.2, -0.15) is 0 Å². The molecule has 10 heteroatoms. The Bertz CT molecular complexity index is 1130. The zero-order valence-corrected chi connectivity index (χ0v) is 16.4. The van der Waals surface area contributed by atoms with Crippen LogP contribution in [0.4, 0.5) is 5.69 Å². The zero-order valence-electron chi connectivity index (χ0n) is 15.6. The molecular formula is C18H19N5O4S. The van der Waals surface area contributed by atoms with E-state index < -0.39 is 11.2 Å². The lowest BCUT2D eigenvalue weighted by Gasteiger charge is -2.06. The monoisotopic (exact) mass is 401 g/mol. The van der Waals surface area contributed by atoms with Gasteiger partial charge in [0.15, 0.2) is 0 Å². The summed E-state index contributed by atoms with van der Waals surface area (Å²) in [5, 5.41) is 10.9. The maximum Gasteiger partial charge on any atom is 0.328 e. The molecule has 0 spiro atoms. The Morgan fingerprint density at radius 3 is 2.75 bits per heavy atom. The number of amides is 1. The minimum atomic E-state index is -0.479. The zero-order chi connectivity index (χ0) is 20.3. The highest BCUT2D eigenvalue weighted by Gasteiger charge is 2.15. The lowest BCUT2D eigenvalue weighted by Crippen LogP contribution is -2.36. The number of rotatable bonds is 6. The summed E-state index contributed by atoms with van der Waals surface area (Å²) in [5.41, 5.74) is 1.67. The number of H-pyrrole nitrogens is 1. The van der Waals surface area contributed by atoms with Crippen LogP contribution < -0.4 is 16.6 Å². The Labute approximate surface area is 164 Å². The first-order chi connectivity index (χ1) is 13.3. The smallest absolute Gasteiger partial charge is 0.328 e. The Morgan fingerprint density at radius 1 is 1.25 bits per heavy atom. The summed E-state index contributed by atoms with van der Waals surface area (Å²) in [5.74, 6) is 0.147. The molecule has 146 valence electrons.